The van der Waals surface area contributed by atoms with E-state index in [2.05, 4.69) is 13.2 Å². The van der Waals surface area contributed by atoms with Crippen LogP contribution in [0, 0.1) is 0 Å². The van der Waals surface area contributed by atoms with E-state index in [9.17, 15) is 19.8 Å². The van der Waals surface area contributed by atoms with Crippen LogP contribution in [-0.2, 0) is 28.4 Å². The van der Waals surface area contributed by atoms with E-state index in [1.165, 1.54) is 13.8 Å². The number of aliphatic hydroxyl groups excluding tert-OH is 2. The third-order valence-electron chi connectivity index (χ3n) is 2.30. The van der Waals surface area contributed by atoms with Crippen molar-refractivity contribution in [1.82, 2.24) is 0 Å². The average molecular weight is 330 g/mol. The van der Waals surface area contributed by atoms with Crippen LogP contribution in [0.5, 0.6) is 0 Å². The van der Waals surface area contributed by atoms with Gasteiger partial charge >= 0.3 is 19.6 Å². The van der Waals surface area contributed by atoms with Crippen LogP contribution in [0.4, 0.5) is 0 Å². The highest BCUT2D eigenvalue weighted by molar-refractivity contribution is 6.17. The minimum Gasteiger partial charge on any atom is -0.460 e. The van der Waals surface area contributed by atoms with Gasteiger partial charge < -0.3 is 29.0 Å². The smallest absolute Gasteiger partial charge is 0.438 e. The predicted molar refractivity (Wildman–Crippen MR) is 82.6 cm³/mol. The summed E-state index contributed by atoms with van der Waals surface area (Å²) in [5.41, 5.74) is 0.477. The number of carbonyl (C=O) groups excluding carboxylic acids is 2. The fraction of sp³-hybridized carbons (Fsp3) is 0.571. The number of hydrogen-bond donors (Lipinski definition) is 2. The Morgan fingerprint density at radius 2 is 1.22 bits per heavy atom. The zero-order chi connectivity index (χ0) is 17.8. The largest absolute Gasteiger partial charge is 0.460 e. The van der Waals surface area contributed by atoms with Crippen molar-refractivity contribution >= 4 is 19.6 Å². The molecule has 0 aliphatic carbocycles. The Hall–Kier alpha value is -1.68. The van der Waals surface area contributed by atoms with Gasteiger partial charge in [-0.3, -0.25) is 0 Å². The topological polar surface area (TPSA) is 112 Å². The highest BCUT2D eigenvalue weighted by Crippen LogP contribution is 1.96. The van der Waals surface area contributed by atoms with E-state index in [4.69, 9.17) is 18.8 Å². The van der Waals surface area contributed by atoms with Crippen molar-refractivity contribution in [3.05, 3.63) is 24.3 Å². The molecule has 8 nitrogen and oxygen atoms in total. The molecule has 0 aromatic heterocycles. The first-order valence-electron chi connectivity index (χ1n) is 6.91. The molecule has 0 aromatic carbocycles. The van der Waals surface area contributed by atoms with E-state index in [-0.39, 0.29) is 45.3 Å². The Bertz CT molecular complexity index is 385. The molecule has 2 atom stereocenters. The summed E-state index contributed by atoms with van der Waals surface area (Å²) >= 11 is 0. The first-order chi connectivity index (χ1) is 10.7. The summed E-state index contributed by atoms with van der Waals surface area (Å²) in [6.07, 6.45) is -1.99. The van der Waals surface area contributed by atoms with Crippen LogP contribution >= 0.6 is 0 Å². The third-order valence-corrected chi connectivity index (χ3v) is 2.30. The molecule has 0 amide bonds. The van der Waals surface area contributed by atoms with Crippen LogP contribution < -0.4 is 0 Å². The molecule has 0 bridgehead atoms. The van der Waals surface area contributed by atoms with Crippen molar-refractivity contribution in [2.45, 2.75) is 26.1 Å². The molecule has 0 radical (unpaired) electrons. The minimum absolute atomic E-state index is 0.107. The molecule has 2 N–H and O–H groups in total. The standard InChI is InChI=1S/C14H23BO8/c1-9(2)13(18)20-5-11(16)7-22-15-23-8-12(17)6-21-14(19)10(3)4/h11-12,15-17H,1,3,5-8H2,2,4H3. The second-order valence-electron chi connectivity index (χ2n) is 4.92. The van der Waals surface area contributed by atoms with E-state index < -0.39 is 24.1 Å². The van der Waals surface area contributed by atoms with Crippen molar-refractivity contribution in [2.24, 2.45) is 0 Å². The zero-order valence-electron chi connectivity index (χ0n) is 13.4. The van der Waals surface area contributed by atoms with Gasteiger partial charge in [0.2, 0.25) is 0 Å². The fourth-order valence-corrected chi connectivity index (χ4v) is 1.11. The predicted octanol–water partition coefficient (Wildman–Crippen LogP) is -0.754. The molecule has 0 aliphatic rings. The SMILES string of the molecule is C=C(C)C(=O)OCC(O)COBOCC(O)COC(=O)C(=C)C. The van der Waals surface area contributed by atoms with Crippen LogP contribution in [0.1, 0.15) is 13.8 Å². The molecule has 130 valence electrons. The van der Waals surface area contributed by atoms with Gasteiger partial charge in [-0.2, -0.15) is 0 Å². The van der Waals surface area contributed by atoms with Crippen LogP contribution in [0.3, 0.4) is 0 Å². The Kier molecular flexibility index (Phi) is 11.0. The zero-order valence-corrected chi connectivity index (χ0v) is 13.4. The van der Waals surface area contributed by atoms with Gasteiger partial charge in [0.1, 0.15) is 25.4 Å². The molecule has 0 rings (SSSR count). The second kappa shape index (κ2) is 11.8. The molecule has 0 heterocycles. The van der Waals surface area contributed by atoms with Crippen LogP contribution in [0.25, 0.3) is 0 Å². The normalized spacial score (nSPS) is 12.9. The first-order valence-corrected chi connectivity index (χ1v) is 6.91. The summed E-state index contributed by atoms with van der Waals surface area (Å²) in [4.78, 5) is 22.2. The monoisotopic (exact) mass is 330 g/mol. The summed E-state index contributed by atoms with van der Waals surface area (Å²) in [6.45, 7) is 9.16. The maximum absolute atomic E-state index is 11.1. The summed E-state index contributed by atoms with van der Waals surface area (Å²) < 4.78 is 19.4. The van der Waals surface area contributed by atoms with Crippen molar-refractivity contribution in [2.75, 3.05) is 26.4 Å². The highest BCUT2D eigenvalue weighted by atomic mass is 16.6. The van der Waals surface area contributed by atoms with E-state index in [0.717, 1.165) is 0 Å². The van der Waals surface area contributed by atoms with Crippen molar-refractivity contribution in [3.63, 3.8) is 0 Å². The first kappa shape index (κ1) is 21.3. The summed E-state index contributed by atoms with van der Waals surface area (Å²) in [5.74, 6) is -1.18. The summed E-state index contributed by atoms with van der Waals surface area (Å²) in [7, 11) is -0.184. The molecule has 0 aliphatic heterocycles. The maximum atomic E-state index is 11.1. The van der Waals surface area contributed by atoms with Crippen LogP contribution in [-0.4, -0.2) is 68.5 Å². The Balaban J connectivity index is 3.60. The fourth-order valence-electron chi connectivity index (χ4n) is 1.11. The van der Waals surface area contributed by atoms with Crippen molar-refractivity contribution < 1.29 is 38.6 Å². The molecule has 23 heavy (non-hydrogen) atoms. The maximum Gasteiger partial charge on any atom is 0.438 e. The number of rotatable bonds is 12. The lowest BCUT2D eigenvalue weighted by Crippen LogP contribution is -2.28. The van der Waals surface area contributed by atoms with Gasteiger partial charge in [-0.05, 0) is 13.8 Å². The number of hydrogen-bond acceptors (Lipinski definition) is 8. The number of carbonyl (C=O) groups is 2. The number of esters is 2. The number of ether oxygens (including phenoxy) is 2. The van der Waals surface area contributed by atoms with Crippen molar-refractivity contribution in [3.8, 4) is 0 Å². The Morgan fingerprint density at radius 1 is 0.870 bits per heavy atom. The molecule has 9 heteroatoms. The third kappa shape index (κ3) is 11.5. The van der Waals surface area contributed by atoms with Gasteiger partial charge in [-0.1, -0.05) is 13.2 Å². The van der Waals surface area contributed by atoms with Gasteiger partial charge in [0.15, 0.2) is 0 Å². The quantitative estimate of drug-likeness (QED) is 0.208. The molecule has 2 unspecified atom stereocenters. The molecular formula is C14H23BO8. The average Bonchev–Trinajstić information content (AvgIpc) is 2.49. The van der Waals surface area contributed by atoms with Crippen molar-refractivity contribution in [1.29, 1.82) is 0 Å². The van der Waals surface area contributed by atoms with E-state index >= 15 is 0 Å². The van der Waals surface area contributed by atoms with E-state index in [1.807, 2.05) is 0 Å². The van der Waals surface area contributed by atoms with Gasteiger partial charge in [-0.25, -0.2) is 9.59 Å². The van der Waals surface area contributed by atoms with E-state index in [1.54, 1.807) is 0 Å². The lowest BCUT2D eigenvalue weighted by molar-refractivity contribution is -0.142. The van der Waals surface area contributed by atoms with Crippen LogP contribution in [0.15, 0.2) is 24.3 Å². The lowest BCUT2D eigenvalue weighted by atomic mass is 10.3. The van der Waals surface area contributed by atoms with Gasteiger partial charge in [0.25, 0.3) is 0 Å². The number of aliphatic hydroxyl groups is 2. The molecule has 0 saturated carbocycles. The summed E-state index contributed by atoms with van der Waals surface area (Å²) in [5, 5.41) is 19.0. The van der Waals surface area contributed by atoms with Gasteiger partial charge in [0, 0.05) is 11.1 Å². The van der Waals surface area contributed by atoms with Crippen LogP contribution in [0.2, 0.25) is 0 Å². The highest BCUT2D eigenvalue weighted by Gasteiger charge is 2.12. The van der Waals surface area contributed by atoms with Gasteiger partial charge in [0.05, 0.1) is 13.2 Å². The summed E-state index contributed by atoms with van der Waals surface area (Å²) in [6, 6.07) is 0. The van der Waals surface area contributed by atoms with E-state index in [0.29, 0.717) is 0 Å². The molecule has 0 fully saturated rings. The lowest BCUT2D eigenvalue weighted by Gasteiger charge is -2.13. The molecule has 0 saturated heterocycles. The molecule has 0 spiro atoms. The molecular weight excluding hydrogens is 307 g/mol. The minimum atomic E-state index is -0.997. The van der Waals surface area contributed by atoms with Gasteiger partial charge in [-0.15, -0.1) is 0 Å². The molecule has 0 aromatic rings. The second-order valence-corrected chi connectivity index (χ2v) is 4.92. The Morgan fingerprint density at radius 3 is 1.52 bits per heavy atom. The Labute approximate surface area is 136 Å².